The van der Waals surface area contributed by atoms with Crippen molar-refractivity contribution >= 4 is 5.91 Å². The number of hydrogen-bond acceptors (Lipinski definition) is 5. The highest BCUT2D eigenvalue weighted by atomic mass is 16.5. The Morgan fingerprint density at radius 1 is 1.12 bits per heavy atom. The first kappa shape index (κ1) is 22.6. The Bertz CT molecular complexity index is 875. The summed E-state index contributed by atoms with van der Waals surface area (Å²) in [5.41, 5.74) is 2.19. The molecule has 1 atom stereocenters. The molecule has 1 saturated carbocycles. The smallest absolute Gasteiger partial charge is 0.217 e. The van der Waals surface area contributed by atoms with E-state index >= 15 is 0 Å². The molecule has 2 aromatic rings. The molecule has 1 aromatic heterocycles. The molecule has 0 spiro atoms. The Balaban J connectivity index is 1.35. The van der Waals surface area contributed by atoms with Gasteiger partial charge >= 0.3 is 0 Å². The molecule has 1 saturated heterocycles. The van der Waals surface area contributed by atoms with Gasteiger partial charge in [0.1, 0.15) is 0 Å². The van der Waals surface area contributed by atoms with Gasteiger partial charge in [0.2, 0.25) is 5.91 Å². The molecule has 6 nitrogen and oxygen atoms in total. The van der Waals surface area contributed by atoms with Gasteiger partial charge in [-0.05, 0) is 87.4 Å². The zero-order valence-corrected chi connectivity index (χ0v) is 19.3. The summed E-state index contributed by atoms with van der Waals surface area (Å²) in [4.78, 5) is 18.8. The zero-order valence-electron chi connectivity index (χ0n) is 19.3. The van der Waals surface area contributed by atoms with Crippen LogP contribution in [0.2, 0.25) is 0 Å². The van der Waals surface area contributed by atoms with Gasteiger partial charge in [-0.2, -0.15) is 0 Å². The lowest BCUT2D eigenvalue weighted by molar-refractivity contribution is -0.120. The number of nitrogens with one attached hydrogen (secondary N) is 1. The average Bonchev–Trinajstić information content (AvgIpc) is 3.33. The number of benzene rings is 1. The molecule has 0 bridgehead atoms. The zero-order chi connectivity index (χ0) is 22.3. The van der Waals surface area contributed by atoms with Crippen LogP contribution in [-0.2, 0) is 11.3 Å². The summed E-state index contributed by atoms with van der Waals surface area (Å²) in [6.07, 6.45) is 8.96. The summed E-state index contributed by atoms with van der Waals surface area (Å²) < 4.78 is 11.8. The molecule has 172 valence electrons. The van der Waals surface area contributed by atoms with Crippen molar-refractivity contribution in [1.82, 2.24) is 15.2 Å². The van der Waals surface area contributed by atoms with E-state index in [1.807, 2.05) is 18.2 Å². The van der Waals surface area contributed by atoms with E-state index in [1.165, 1.54) is 18.4 Å². The molecule has 2 heterocycles. The lowest BCUT2D eigenvalue weighted by Crippen LogP contribution is -2.40. The molecule has 1 aliphatic heterocycles. The number of nitrogens with zero attached hydrogens (tertiary/aromatic N) is 2. The van der Waals surface area contributed by atoms with E-state index in [0.717, 1.165) is 62.5 Å². The highest BCUT2D eigenvalue weighted by Crippen LogP contribution is 2.34. The number of aromatic nitrogens is 1. The van der Waals surface area contributed by atoms with Gasteiger partial charge < -0.3 is 14.8 Å². The van der Waals surface area contributed by atoms with E-state index in [2.05, 4.69) is 33.4 Å². The predicted molar refractivity (Wildman–Crippen MR) is 125 cm³/mol. The quantitative estimate of drug-likeness (QED) is 0.659. The van der Waals surface area contributed by atoms with Crippen molar-refractivity contribution in [1.29, 1.82) is 0 Å². The summed E-state index contributed by atoms with van der Waals surface area (Å²) in [5, 5.41) is 3.13. The van der Waals surface area contributed by atoms with Crippen LogP contribution in [0.3, 0.4) is 0 Å². The Labute approximate surface area is 191 Å². The molecule has 1 aromatic carbocycles. The van der Waals surface area contributed by atoms with Gasteiger partial charge in [-0.25, -0.2) is 0 Å². The molecule has 1 N–H and O–H groups in total. The number of pyridine rings is 1. The lowest BCUT2D eigenvalue weighted by atomic mass is 9.87. The second-order valence-electron chi connectivity index (χ2n) is 9.06. The summed E-state index contributed by atoms with van der Waals surface area (Å²) in [6, 6.07) is 12.2. The largest absolute Gasteiger partial charge is 0.493 e. The van der Waals surface area contributed by atoms with Crippen LogP contribution < -0.4 is 14.8 Å². The minimum absolute atomic E-state index is 0.00455. The number of carbonyl (C=O) groups excluding carboxylic acids is 1. The molecular formula is C26H35N3O3. The second kappa shape index (κ2) is 10.8. The van der Waals surface area contributed by atoms with E-state index in [-0.39, 0.29) is 11.9 Å². The van der Waals surface area contributed by atoms with Crippen molar-refractivity contribution in [3.63, 3.8) is 0 Å². The molecule has 1 aliphatic carbocycles. The molecule has 2 fully saturated rings. The monoisotopic (exact) mass is 437 g/mol. The Morgan fingerprint density at radius 2 is 1.91 bits per heavy atom. The van der Waals surface area contributed by atoms with Crippen molar-refractivity contribution in [2.75, 3.05) is 20.2 Å². The Hall–Kier alpha value is -2.60. The summed E-state index contributed by atoms with van der Waals surface area (Å²) >= 11 is 0. The van der Waals surface area contributed by atoms with Crippen LogP contribution in [0.15, 0.2) is 42.6 Å². The van der Waals surface area contributed by atoms with E-state index in [1.54, 1.807) is 20.2 Å². The number of amides is 1. The summed E-state index contributed by atoms with van der Waals surface area (Å²) in [6.45, 7) is 4.46. The third-order valence-corrected chi connectivity index (χ3v) is 6.70. The molecule has 0 unspecified atom stereocenters. The molecule has 32 heavy (non-hydrogen) atoms. The van der Waals surface area contributed by atoms with Crippen LogP contribution in [0.1, 0.15) is 62.7 Å². The van der Waals surface area contributed by atoms with E-state index in [9.17, 15) is 4.79 Å². The van der Waals surface area contributed by atoms with E-state index in [0.29, 0.717) is 12.0 Å². The molecular weight excluding hydrogens is 402 g/mol. The van der Waals surface area contributed by atoms with Crippen molar-refractivity contribution in [3.05, 3.63) is 53.9 Å². The molecule has 1 amide bonds. The lowest BCUT2D eigenvalue weighted by Gasteiger charge is -2.36. The predicted octanol–water partition coefficient (Wildman–Crippen LogP) is 4.50. The number of likely N-dealkylation sites (tertiary alicyclic amines) is 1. The number of ether oxygens (including phenoxy) is 2. The van der Waals surface area contributed by atoms with Crippen molar-refractivity contribution in [2.24, 2.45) is 5.92 Å². The van der Waals surface area contributed by atoms with Crippen LogP contribution in [0.4, 0.5) is 0 Å². The van der Waals surface area contributed by atoms with Gasteiger partial charge in [0.25, 0.3) is 0 Å². The number of methoxy groups -OCH3 is 1. The van der Waals surface area contributed by atoms with Crippen molar-refractivity contribution in [2.45, 2.75) is 64.1 Å². The Morgan fingerprint density at radius 3 is 2.56 bits per heavy atom. The number of rotatable bonds is 8. The first-order chi connectivity index (χ1) is 15.6. The van der Waals surface area contributed by atoms with Gasteiger partial charge in [-0.1, -0.05) is 12.1 Å². The SMILES string of the molecule is COc1cc(CN2CCC([C@H](NC(C)=O)c3ccccn3)CC2)ccc1OC1CCCC1. The standard InChI is InChI=1S/C26H35N3O3/c1-19(30)28-26(23-9-5-6-14-27-23)21-12-15-29(16-13-21)18-20-10-11-24(25(17-20)31-2)32-22-7-3-4-8-22/h5-6,9-11,14,17,21-22,26H,3-4,7-8,12-13,15-16,18H2,1-2H3,(H,28,30)/t26-/m0/s1. The fourth-order valence-corrected chi connectivity index (χ4v) is 5.01. The highest BCUT2D eigenvalue weighted by molar-refractivity contribution is 5.73. The Kier molecular flexibility index (Phi) is 7.63. The highest BCUT2D eigenvalue weighted by Gasteiger charge is 2.29. The molecule has 0 radical (unpaired) electrons. The van der Waals surface area contributed by atoms with Gasteiger partial charge in [0, 0.05) is 19.7 Å². The maximum absolute atomic E-state index is 11.8. The maximum Gasteiger partial charge on any atom is 0.217 e. The average molecular weight is 438 g/mol. The van der Waals surface area contributed by atoms with Gasteiger partial charge in [0.05, 0.1) is 24.9 Å². The number of piperidine rings is 1. The van der Waals surface area contributed by atoms with Crippen LogP contribution in [0.5, 0.6) is 11.5 Å². The van der Waals surface area contributed by atoms with Gasteiger partial charge in [-0.15, -0.1) is 0 Å². The molecule has 6 heteroatoms. The van der Waals surface area contributed by atoms with Crippen molar-refractivity contribution < 1.29 is 14.3 Å². The van der Waals surface area contributed by atoms with Crippen LogP contribution in [0, 0.1) is 5.92 Å². The summed E-state index contributed by atoms with van der Waals surface area (Å²) in [5.74, 6) is 2.07. The van der Waals surface area contributed by atoms with Gasteiger partial charge in [-0.3, -0.25) is 14.7 Å². The van der Waals surface area contributed by atoms with Crippen LogP contribution in [0.25, 0.3) is 0 Å². The molecule has 2 aliphatic rings. The maximum atomic E-state index is 11.8. The third-order valence-electron chi connectivity index (χ3n) is 6.70. The second-order valence-corrected chi connectivity index (χ2v) is 9.06. The number of hydrogen-bond donors (Lipinski definition) is 1. The van der Waals surface area contributed by atoms with Crippen LogP contribution in [-0.4, -0.2) is 42.1 Å². The summed E-state index contributed by atoms with van der Waals surface area (Å²) in [7, 11) is 1.71. The van der Waals surface area contributed by atoms with E-state index < -0.39 is 0 Å². The topological polar surface area (TPSA) is 63.7 Å². The normalized spacial score (nSPS) is 18.9. The third kappa shape index (κ3) is 5.80. The van der Waals surface area contributed by atoms with E-state index in [4.69, 9.17) is 9.47 Å². The van der Waals surface area contributed by atoms with Crippen molar-refractivity contribution in [3.8, 4) is 11.5 Å². The minimum atomic E-state index is -0.0250. The minimum Gasteiger partial charge on any atom is -0.493 e. The fourth-order valence-electron chi connectivity index (χ4n) is 5.01. The fraction of sp³-hybridized carbons (Fsp3) is 0.538. The molecule has 4 rings (SSSR count). The van der Waals surface area contributed by atoms with Gasteiger partial charge in [0.15, 0.2) is 11.5 Å². The van der Waals surface area contributed by atoms with Crippen LogP contribution >= 0.6 is 0 Å². The number of carbonyl (C=O) groups is 1. The first-order valence-corrected chi connectivity index (χ1v) is 11.9. The first-order valence-electron chi connectivity index (χ1n) is 11.9.